The van der Waals surface area contributed by atoms with Crippen molar-refractivity contribution < 1.29 is 19.1 Å². The van der Waals surface area contributed by atoms with Crippen LogP contribution < -0.4 is 10.6 Å². The van der Waals surface area contributed by atoms with E-state index in [-0.39, 0.29) is 6.04 Å². The molecule has 0 spiro atoms. The van der Waals surface area contributed by atoms with Crippen molar-refractivity contribution in [3.63, 3.8) is 0 Å². The van der Waals surface area contributed by atoms with E-state index in [1.807, 2.05) is 0 Å². The van der Waals surface area contributed by atoms with Crippen LogP contribution in [0.3, 0.4) is 0 Å². The Kier molecular flexibility index (Phi) is 5.52. The number of carbonyl (C=O) groups excluding carboxylic acids is 3. The van der Waals surface area contributed by atoms with E-state index in [4.69, 9.17) is 0 Å². The van der Waals surface area contributed by atoms with E-state index in [1.54, 1.807) is 12.1 Å². The molecule has 0 unspecified atom stereocenters. The highest BCUT2D eigenvalue weighted by molar-refractivity contribution is 6.39. The third-order valence-electron chi connectivity index (χ3n) is 3.71. The van der Waals surface area contributed by atoms with Crippen LogP contribution in [-0.2, 0) is 14.3 Å². The molecule has 1 aliphatic carbocycles. The van der Waals surface area contributed by atoms with Crippen molar-refractivity contribution in [2.24, 2.45) is 0 Å². The molecule has 0 radical (unpaired) electrons. The summed E-state index contributed by atoms with van der Waals surface area (Å²) >= 11 is 0. The van der Waals surface area contributed by atoms with Crippen LogP contribution in [0.25, 0.3) is 0 Å². The van der Waals surface area contributed by atoms with Gasteiger partial charge >= 0.3 is 17.8 Å². The monoisotopic (exact) mass is 304 g/mol. The van der Waals surface area contributed by atoms with Gasteiger partial charge in [-0.25, -0.2) is 4.79 Å². The first-order chi connectivity index (χ1) is 10.6. The summed E-state index contributed by atoms with van der Waals surface area (Å²) in [6.45, 7) is 0. The van der Waals surface area contributed by atoms with Gasteiger partial charge in [0, 0.05) is 11.7 Å². The fourth-order valence-electron chi connectivity index (χ4n) is 2.49. The van der Waals surface area contributed by atoms with Gasteiger partial charge in [0.2, 0.25) is 0 Å². The van der Waals surface area contributed by atoms with Gasteiger partial charge in [-0.2, -0.15) is 0 Å². The van der Waals surface area contributed by atoms with Gasteiger partial charge in [0.15, 0.2) is 0 Å². The average molecular weight is 304 g/mol. The fourth-order valence-corrected chi connectivity index (χ4v) is 2.49. The van der Waals surface area contributed by atoms with Gasteiger partial charge in [-0.3, -0.25) is 9.59 Å². The number of amides is 2. The Hall–Kier alpha value is -2.37. The zero-order valence-corrected chi connectivity index (χ0v) is 12.6. The molecular formula is C16H20N2O4. The van der Waals surface area contributed by atoms with Gasteiger partial charge in [0.1, 0.15) is 0 Å². The fraction of sp³-hybridized carbons (Fsp3) is 0.438. The van der Waals surface area contributed by atoms with E-state index >= 15 is 0 Å². The lowest BCUT2D eigenvalue weighted by atomic mass is 9.95. The number of hydrogen-bond acceptors (Lipinski definition) is 4. The number of carbonyl (C=O) groups is 3. The van der Waals surface area contributed by atoms with Crippen molar-refractivity contribution >= 4 is 23.5 Å². The summed E-state index contributed by atoms with van der Waals surface area (Å²) in [7, 11) is 1.30. The van der Waals surface area contributed by atoms with Gasteiger partial charge in [0.25, 0.3) is 0 Å². The van der Waals surface area contributed by atoms with Gasteiger partial charge in [-0.05, 0) is 37.1 Å². The van der Waals surface area contributed by atoms with E-state index in [2.05, 4.69) is 15.4 Å². The average Bonchev–Trinajstić information content (AvgIpc) is 2.55. The van der Waals surface area contributed by atoms with Crippen molar-refractivity contribution in [2.75, 3.05) is 12.4 Å². The van der Waals surface area contributed by atoms with Crippen LogP contribution in [0.4, 0.5) is 5.69 Å². The number of ether oxygens (including phenoxy) is 1. The van der Waals surface area contributed by atoms with Crippen LogP contribution in [0.15, 0.2) is 24.3 Å². The molecule has 0 bridgehead atoms. The van der Waals surface area contributed by atoms with Crippen molar-refractivity contribution in [2.45, 2.75) is 38.1 Å². The second-order valence-corrected chi connectivity index (χ2v) is 5.33. The molecule has 0 saturated heterocycles. The zero-order chi connectivity index (χ0) is 15.9. The standard InChI is InChI=1S/C16H20N2O4/c1-22-16(21)11-7-9-13(10-8-11)18-15(20)14(19)17-12-5-3-2-4-6-12/h7-10,12H,2-6H2,1H3,(H,17,19)(H,18,20). The Morgan fingerprint density at radius 1 is 1.00 bits per heavy atom. The summed E-state index contributed by atoms with van der Waals surface area (Å²) in [5.41, 5.74) is 0.837. The second kappa shape index (κ2) is 7.59. The lowest BCUT2D eigenvalue weighted by Crippen LogP contribution is -2.42. The number of hydrogen-bond donors (Lipinski definition) is 2. The zero-order valence-electron chi connectivity index (χ0n) is 12.6. The largest absolute Gasteiger partial charge is 0.465 e. The molecule has 1 saturated carbocycles. The van der Waals surface area contributed by atoms with Crippen LogP contribution in [0.2, 0.25) is 0 Å². The van der Waals surface area contributed by atoms with Crippen molar-refractivity contribution in [3.05, 3.63) is 29.8 Å². The molecule has 6 heteroatoms. The minimum atomic E-state index is -0.698. The van der Waals surface area contributed by atoms with Crippen LogP contribution in [0, 0.1) is 0 Å². The van der Waals surface area contributed by atoms with Crippen molar-refractivity contribution in [3.8, 4) is 0 Å². The van der Waals surface area contributed by atoms with Crippen LogP contribution in [-0.4, -0.2) is 30.9 Å². The molecule has 0 aromatic heterocycles. The van der Waals surface area contributed by atoms with Gasteiger partial charge < -0.3 is 15.4 Å². The van der Waals surface area contributed by atoms with Crippen LogP contribution in [0.5, 0.6) is 0 Å². The summed E-state index contributed by atoms with van der Waals surface area (Å²) in [5.74, 6) is -1.77. The number of anilines is 1. The van der Waals surface area contributed by atoms with Crippen molar-refractivity contribution in [1.82, 2.24) is 5.32 Å². The summed E-state index contributed by atoms with van der Waals surface area (Å²) < 4.78 is 4.59. The Balaban J connectivity index is 1.87. The number of rotatable bonds is 3. The Labute approximate surface area is 129 Å². The minimum Gasteiger partial charge on any atom is -0.465 e. The minimum absolute atomic E-state index is 0.0914. The van der Waals surface area contributed by atoms with Crippen LogP contribution in [0.1, 0.15) is 42.5 Å². The van der Waals surface area contributed by atoms with Gasteiger partial charge in [-0.1, -0.05) is 19.3 Å². The predicted molar refractivity (Wildman–Crippen MR) is 81.4 cm³/mol. The first-order valence-corrected chi connectivity index (χ1v) is 7.40. The first kappa shape index (κ1) is 16.0. The molecule has 2 rings (SSSR count). The molecule has 0 aliphatic heterocycles. The lowest BCUT2D eigenvalue weighted by molar-refractivity contribution is -0.136. The van der Waals surface area contributed by atoms with E-state index in [0.717, 1.165) is 25.7 Å². The number of esters is 1. The van der Waals surface area contributed by atoms with Gasteiger partial charge in [0.05, 0.1) is 12.7 Å². The van der Waals surface area contributed by atoms with E-state index in [1.165, 1.54) is 25.7 Å². The maximum atomic E-state index is 11.8. The van der Waals surface area contributed by atoms with E-state index < -0.39 is 17.8 Å². The molecule has 2 amide bonds. The molecule has 118 valence electrons. The summed E-state index contributed by atoms with van der Waals surface area (Å²) in [6, 6.07) is 6.26. The summed E-state index contributed by atoms with van der Waals surface area (Å²) in [4.78, 5) is 35.0. The van der Waals surface area contributed by atoms with Gasteiger partial charge in [-0.15, -0.1) is 0 Å². The topological polar surface area (TPSA) is 84.5 Å². The van der Waals surface area contributed by atoms with E-state index in [9.17, 15) is 14.4 Å². The molecule has 0 atom stereocenters. The predicted octanol–water partition coefficient (Wildman–Crippen LogP) is 1.86. The third kappa shape index (κ3) is 4.31. The number of nitrogens with one attached hydrogen (secondary N) is 2. The maximum Gasteiger partial charge on any atom is 0.337 e. The third-order valence-corrected chi connectivity index (χ3v) is 3.71. The second-order valence-electron chi connectivity index (χ2n) is 5.33. The molecule has 1 aromatic rings. The number of benzene rings is 1. The van der Waals surface area contributed by atoms with E-state index in [0.29, 0.717) is 11.3 Å². The summed E-state index contributed by atoms with van der Waals surface area (Å²) in [5, 5.41) is 5.26. The SMILES string of the molecule is COC(=O)c1ccc(NC(=O)C(=O)NC2CCCCC2)cc1. The summed E-state index contributed by atoms with van der Waals surface area (Å²) in [6.07, 6.45) is 5.20. The molecule has 1 fully saturated rings. The quantitative estimate of drug-likeness (QED) is 0.659. The maximum absolute atomic E-state index is 11.8. The smallest absolute Gasteiger partial charge is 0.337 e. The number of methoxy groups -OCH3 is 1. The molecule has 1 aliphatic rings. The molecule has 1 aromatic carbocycles. The highest BCUT2D eigenvalue weighted by Gasteiger charge is 2.20. The highest BCUT2D eigenvalue weighted by Crippen LogP contribution is 2.17. The molecule has 2 N–H and O–H groups in total. The normalized spacial score (nSPS) is 15.0. The molecular weight excluding hydrogens is 284 g/mol. The Bertz CT molecular complexity index is 548. The van der Waals surface area contributed by atoms with Crippen molar-refractivity contribution in [1.29, 1.82) is 0 Å². The Morgan fingerprint density at radius 2 is 1.64 bits per heavy atom. The first-order valence-electron chi connectivity index (χ1n) is 7.40. The Morgan fingerprint density at radius 3 is 2.23 bits per heavy atom. The lowest BCUT2D eigenvalue weighted by Gasteiger charge is -2.22. The molecule has 0 heterocycles. The van der Waals surface area contributed by atoms with Crippen LogP contribution >= 0.6 is 0 Å². The highest BCUT2D eigenvalue weighted by atomic mass is 16.5. The molecule has 22 heavy (non-hydrogen) atoms. The molecule has 6 nitrogen and oxygen atoms in total.